The smallest absolute Gasteiger partial charge is 0.119 e. The SMILES string of the molecule is Cc1ccc(NC(C)c2cc(O)cc(O)c2)c(Cl)c1. The normalized spacial score (nSPS) is 12.2. The minimum atomic E-state index is -0.0850. The Morgan fingerprint density at radius 2 is 1.68 bits per heavy atom. The van der Waals surface area contributed by atoms with Crippen molar-refractivity contribution >= 4 is 17.3 Å². The summed E-state index contributed by atoms with van der Waals surface area (Å²) < 4.78 is 0. The molecule has 0 amide bonds. The quantitative estimate of drug-likeness (QED) is 0.787. The van der Waals surface area contributed by atoms with Crippen molar-refractivity contribution in [3.63, 3.8) is 0 Å². The monoisotopic (exact) mass is 277 g/mol. The first kappa shape index (κ1) is 13.6. The summed E-state index contributed by atoms with van der Waals surface area (Å²) in [6.45, 7) is 3.91. The molecule has 0 aliphatic heterocycles. The number of hydrogen-bond acceptors (Lipinski definition) is 3. The highest BCUT2D eigenvalue weighted by Gasteiger charge is 2.10. The molecule has 2 aromatic rings. The zero-order chi connectivity index (χ0) is 14.0. The number of aryl methyl sites for hydroxylation is 1. The zero-order valence-electron chi connectivity index (χ0n) is 10.8. The fraction of sp³-hybridized carbons (Fsp3) is 0.200. The van der Waals surface area contributed by atoms with Crippen LogP contribution in [0.4, 0.5) is 5.69 Å². The molecule has 3 nitrogen and oxygen atoms in total. The van der Waals surface area contributed by atoms with Gasteiger partial charge in [0.1, 0.15) is 11.5 Å². The molecule has 0 fully saturated rings. The summed E-state index contributed by atoms with van der Waals surface area (Å²) in [7, 11) is 0. The van der Waals surface area contributed by atoms with Crippen molar-refractivity contribution < 1.29 is 10.2 Å². The van der Waals surface area contributed by atoms with Crippen LogP contribution in [0.25, 0.3) is 0 Å². The molecule has 0 saturated carbocycles. The maximum Gasteiger partial charge on any atom is 0.119 e. The van der Waals surface area contributed by atoms with Gasteiger partial charge in [0.05, 0.1) is 10.7 Å². The van der Waals surface area contributed by atoms with E-state index in [1.807, 2.05) is 32.0 Å². The van der Waals surface area contributed by atoms with E-state index in [-0.39, 0.29) is 17.5 Å². The highest BCUT2D eigenvalue weighted by atomic mass is 35.5. The largest absolute Gasteiger partial charge is 0.508 e. The molecule has 0 aromatic heterocycles. The van der Waals surface area contributed by atoms with Crippen molar-refractivity contribution in [3.8, 4) is 11.5 Å². The fourth-order valence-electron chi connectivity index (χ4n) is 1.92. The highest BCUT2D eigenvalue weighted by molar-refractivity contribution is 6.33. The van der Waals surface area contributed by atoms with E-state index in [0.717, 1.165) is 16.8 Å². The van der Waals surface area contributed by atoms with Gasteiger partial charge in [-0.05, 0) is 49.2 Å². The molecule has 2 aromatic carbocycles. The van der Waals surface area contributed by atoms with Crippen LogP contribution in [-0.2, 0) is 0 Å². The Bertz CT molecular complexity index is 578. The van der Waals surface area contributed by atoms with Crippen molar-refractivity contribution in [1.29, 1.82) is 0 Å². The summed E-state index contributed by atoms with van der Waals surface area (Å²) in [5.41, 5.74) is 2.70. The number of nitrogens with one attached hydrogen (secondary N) is 1. The first-order chi connectivity index (χ1) is 8.95. The van der Waals surface area contributed by atoms with Gasteiger partial charge in [-0.3, -0.25) is 0 Å². The van der Waals surface area contributed by atoms with Crippen LogP contribution in [0, 0.1) is 6.92 Å². The standard InChI is InChI=1S/C15H16ClNO2/c1-9-3-4-15(14(16)5-9)17-10(2)11-6-12(18)8-13(19)7-11/h3-8,10,17-19H,1-2H3. The molecule has 0 aliphatic carbocycles. The van der Waals surface area contributed by atoms with Gasteiger partial charge in [0.2, 0.25) is 0 Å². The molecule has 0 aliphatic rings. The third-order valence-corrected chi connectivity index (χ3v) is 3.23. The maximum atomic E-state index is 9.49. The van der Waals surface area contributed by atoms with Crippen LogP contribution in [0.5, 0.6) is 11.5 Å². The lowest BCUT2D eigenvalue weighted by molar-refractivity contribution is 0.448. The number of phenols is 2. The van der Waals surface area contributed by atoms with Gasteiger partial charge in [0, 0.05) is 12.1 Å². The minimum absolute atomic E-state index is 0.0404. The number of rotatable bonds is 3. The predicted octanol–water partition coefficient (Wildman–Crippen LogP) is 4.23. The molecule has 4 heteroatoms. The highest BCUT2D eigenvalue weighted by Crippen LogP contribution is 2.30. The number of aromatic hydroxyl groups is 2. The molecule has 1 unspecified atom stereocenters. The van der Waals surface area contributed by atoms with Gasteiger partial charge >= 0.3 is 0 Å². The molecule has 0 radical (unpaired) electrons. The molecule has 100 valence electrons. The van der Waals surface area contributed by atoms with Gasteiger partial charge in [-0.1, -0.05) is 17.7 Å². The van der Waals surface area contributed by atoms with E-state index in [9.17, 15) is 10.2 Å². The third-order valence-electron chi connectivity index (χ3n) is 2.92. The van der Waals surface area contributed by atoms with Gasteiger partial charge in [0.15, 0.2) is 0 Å². The molecule has 19 heavy (non-hydrogen) atoms. The Balaban J connectivity index is 2.22. The molecule has 0 bridgehead atoms. The van der Waals surface area contributed by atoms with E-state index in [1.54, 1.807) is 12.1 Å². The number of halogens is 1. The minimum Gasteiger partial charge on any atom is -0.508 e. The molecule has 3 N–H and O–H groups in total. The molecule has 0 saturated heterocycles. The second-order valence-electron chi connectivity index (χ2n) is 4.63. The van der Waals surface area contributed by atoms with Crippen molar-refractivity contribution in [3.05, 3.63) is 52.5 Å². The van der Waals surface area contributed by atoms with Gasteiger partial charge in [0.25, 0.3) is 0 Å². The lowest BCUT2D eigenvalue weighted by atomic mass is 10.1. The van der Waals surface area contributed by atoms with E-state index >= 15 is 0 Å². The number of phenolic OH excluding ortho intramolecular Hbond substituents is 2. The fourth-order valence-corrected chi connectivity index (χ4v) is 2.21. The number of anilines is 1. The Morgan fingerprint density at radius 3 is 2.26 bits per heavy atom. The van der Waals surface area contributed by atoms with Crippen LogP contribution in [-0.4, -0.2) is 10.2 Å². The average Bonchev–Trinajstić information content (AvgIpc) is 2.31. The van der Waals surface area contributed by atoms with Gasteiger partial charge in [-0.2, -0.15) is 0 Å². The summed E-state index contributed by atoms with van der Waals surface area (Å²) >= 11 is 6.16. The summed E-state index contributed by atoms with van der Waals surface area (Å²) in [5, 5.41) is 22.9. The Hall–Kier alpha value is -1.87. The Kier molecular flexibility index (Phi) is 3.86. The predicted molar refractivity (Wildman–Crippen MR) is 78.0 cm³/mol. The maximum absolute atomic E-state index is 9.49. The Labute approximate surface area is 117 Å². The first-order valence-corrected chi connectivity index (χ1v) is 6.39. The molecule has 1 atom stereocenters. The molecular weight excluding hydrogens is 262 g/mol. The molecular formula is C15H16ClNO2. The van der Waals surface area contributed by atoms with Crippen LogP contribution in [0.3, 0.4) is 0 Å². The van der Waals surface area contributed by atoms with Crippen molar-refractivity contribution in [1.82, 2.24) is 0 Å². The van der Waals surface area contributed by atoms with Crippen LogP contribution in [0.2, 0.25) is 5.02 Å². The van der Waals surface area contributed by atoms with Crippen LogP contribution < -0.4 is 5.32 Å². The lowest BCUT2D eigenvalue weighted by Gasteiger charge is -2.17. The van der Waals surface area contributed by atoms with Crippen LogP contribution in [0.1, 0.15) is 24.1 Å². The van der Waals surface area contributed by atoms with Gasteiger partial charge < -0.3 is 15.5 Å². The van der Waals surface area contributed by atoms with Gasteiger partial charge in [-0.15, -0.1) is 0 Å². The third kappa shape index (κ3) is 3.32. The average molecular weight is 278 g/mol. The topological polar surface area (TPSA) is 52.5 Å². The lowest BCUT2D eigenvalue weighted by Crippen LogP contribution is -2.06. The van der Waals surface area contributed by atoms with E-state index in [0.29, 0.717) is 5.02 Å². The summed E-state index contributed by atoms with van der Waals surface area (Å²) in [5.74, 6) is 0.0808. The van der Waals surface area contributed by atoms with Crippen molar-refractivity contribution in [2.24, 2.45) is 0 Å². The summed E-state index contributed by atoms with van der Waals surface area (Å²) in [6, 6.07) is 10.2. The number of benzene rings is 2. The molecule has 0 spiro atoms. The van der Waals surface area contributed by atoms with E-state index < -0.39 is 0 Å². The second kappa shape index (κ2) is 5.41. The Morgan fingerprint density at radius 1 is 1.05 bits per heavy atom. The van der Waals surface area contributed by atoms with Crippen LogP contribution >= 0.6 is 11.6 Å². The van der Waals surface area contributed by atoms with E-state index in [4.69, 9.17) is 11.6 Å². The van der Waals surface area contributed by atoms with Gasteiger partial charge in [-0.25, -0.2) is 0 Å². The van der Waals surface area contributed by atoms with Crippen molar-refractivity contribution in [2.45, 2.75) is 19.9 Å². The van der Waals surface area contributed by atoms with Crippen molar-refractivity contribution in [2.75, 3.05) is 5.32 Å². The molecule has 0 heterocycles. The van der Waals surface area contributed by atoms with Crippen LogP contribution in [0.15, 0.2) is 36.4 Å². The second-order valence-corrected chi connectivity index (χ2v) is 5.04. The van der Waals surface area contributed by atoms with E-state index in [2.05, 4.69) is 5.32 Å². The number of hydrogen-bond donors (Lipinski definition) is 3. The molecule has 2 rings (SSSR count). The zero-order valence-corrected chi connectivity index (χ0v) is 11.6. The first-order valence-electron chi connectivity index (χ1n) is 6.01. The summed E-state index contributed by atoms with van der Waals surface area (Å²) in [6.07, 6.45) is 0. The summed E-state index contributed by atoms with van der Waals surface area (Å²) in [4.78, 5) is 0. The van der Waals surface area contributed by atoms with E-state index in [1.165, 1.54) is 6.07 Å².